The Morgan fingerprint density at radius 1 is 1.50 bits per heavy atom. The molecule has 6 heavy (non-hydrogen) atoms. The molecule has 0 fully saturated rings. The van der Waals surface area contributed by atoms with Crippen molar-refractivity contribution in [3.05, 3.63) is 0 Å². The molecule has 0 atom stereocenters. The highest BCUT2D eigenvalue weighted by molar-refractivity contribution is 5.75. The van der Waals surface area contributed by atoms with E-state index in [-0.39, 0.29) is 15.2 Å². The molecule has 0 bridgehead atoms. The van der Waals surface area contributed by atoms with Gasteiger partial charge in [0.1, 0.15) is 6.80 Å². The third-order valence-electron chi connectivity index (χ3n) is 0.239. The number of hydrogen-bond donors (Lipinski definition) is 0. The number of rotatable bonds is 1. The van der Waals surface area contributed by atoms with Crippen molar-refractivity contribution < 1.29 is 4.39 Å². The van der Waals surface area contributed by atoms with Gasteiger partial charge in [-0.15, -0.1) is 0 Å². The van der Waals surface area contributed by atoms with Gasteiger partial charge in [0.05, 0.1) is 8.41 Å². The van der Waals surface area contributed by atoms with E-state index in [1.165, 1.54) is 4.90 Å². The molecule has 0 unspecified atom stereocenters. The number of hydrogen-bond acceptors (Lipinski definition) is 1. The van der Waals surface area contributed by atoms with E-state index in [9.17, 15) is 4.39 Å². The van der Waals surface area contributed by atoms with Gasteiger partial charge in [0.2, 0.25) is 0 Å². The van der Waals surface area contributed by atoms with E-state index >= 15 is 0 Å². The summed E-state index contributed by atoms with van der Waals surface area (Å²) in [6.07, 6.45) is 0. The molecule has 0 N–H and O–H groups in total. The molecule has 0 saturated carbocycles. The molecule has 0 aliphatic rings. The van der Waals surface area contributed by atoms with Crippen molar-refractivity contribution in [1.82, 2.24) is 4.90 Å². The fourth-order valence-electron chi connectivity index (χ4n) is 0. The first kappa shape index (κ1) is 9.35. The monoisotopic (exact) mass is 91.1 g/mol. The summed E-state index contributed by atoms with van der Waals surface area (Å²) in [5.41, 5.74) is 0. The lowest BCUT2D eigenvalue weighted by Gasteiger charge is -1.96. The molecule has 0 aliphatic carbocycles. The van der Waals surface area contributed by atoms with Gasteiger partial charge in [-0.2, -0.15) is 0 Å². The van der Waals surface area contributed by atoms with Crippen molar-refractivity contribution in [2.24, 2.45) is 0 Å². The maximum Gasteiger partial charge on any atom is 0.142 e. The SMILES string of the molecule is B.CN(C)CF. The highest BCUT2D eigenvalue weighted by atomic mass is 19.1. The minimum absolute atomic E-state index is 0. The molecule has 0 aromatic carbocycles. The van der Waals surface area contributed by atoms with E-state index < -0.39 is 0 Å². The van der Waals surface area contributed by atoms with Crippen molar-refractivity contribution in [2.45, 2.75) is 0 Å². The van der Waals surface area contributed by atoms with Crippen LogP contribution in [0.2, 0.25) is 0 Å². The Balaban J connectivity index is 0. The fourth-order valence-corrected chi connectivity index (χ4v) is 0. The predicted molar refractivity (Wildman–Crippen MR) is 29.6 cm³/mol. The van der Waals surface area contributed by atoms with Crippen molar-refractivity contribution in [2.75, 3.05) is 20.9 Å². The lowest BCUT2D eigenvalue weighted by atomic mass is 10.8. The van der Waals surface area contributed by atoms with Crippen molar-refractivity contribution in [1.29, 1.82) is 0 Å². The summed E-state index contributed by atoms with van der Waals surface area (Å²) in [5.74, 6) is 0. The van der Waals surface area contributed by atoms with Crippen LogP contribution in [0.15, 0.2) is 0 Å². The maximum absolute atomic E-state index is 11.0. The quantitative estimate of drug-likeness (QED) is 0.304. The normalized spacial score (nSPS) is 8.00. The van der Waals surface area contributed by atoms with Crippen LogP contribution in [-0.4, -0.2) is 34.2 Å². The van der Waals surface area contributed by atoms with E-state index in [1.54, 1.807) is 14.1 Å². The van der Waals surface area contributed by atoms with E-state index in [2.05, 4.69) is 0 Å². The molecule has 0 aromatic rings. The summed E-state index contributed by atoms with van der Waals surface area (Å²) in [6.45, 7) is -0.361. The van der Waals surface area contributed by atoms with Gasteiger partial charge in [-0.25, -0.2) is 4.39 Å². The molecule has 38 valence electrons. The van der Waals surface area contributed by atoms with Gasteiger partial charge in [0, 0.05) is 0 Å². The molecule has 0 aromatic heterocycles. The molecule has 0 aliphatic heterocycles. The van der Waals surface area contributed by atoms with E-state index in [1.807, 2.05) is 0 Å². The maximum atomic E-state index is 11.0. The van der Waals surface area contributed by atoms with Crippen molar-refractivity contribution in [3.63, 3.8) is 0 Å². The molecule has 0 saturated heterocycles. The van der Waals surface area contributed by atoms with Crippen LogP contribution in [0, 0.1) is 0 Å². The van der Waals surface area contributed by atoms with Crippen LogP contribution in [0.3, 0.4) is 0 Å². The second-order valence-corrected chi connectivity index (χ2v) is 1.20. The van der Waals surface area contributed by atoms with Crippen molar-refractivity contribution in [3.8, 4) is 0 Å². The average molecular weight is 90.9 g/mol. The van der Waals surface area contributed by atoms with Crippen LogP contribution in [0.25, 0.3) is 0 Å². The van der Waals surface area contributed by atoms with E-state index in [4.69, 9.17) is 0 Å². The van der Waals surface area contributed by atoms with Crippen molar-refractivity contribution >= 4 is 8.41 Å². The van der Waals surface area contributed by atoms with Crippen LogP contribution in [-0.2, 0) is 0 Å². The largest absolute Gasteiger partial charge is 0.283 e. The molecular formula is C3H11BFN. The summed E-state index contributed by atoms with van der Waals surface area (Å²) < 4.78 is 11.0. The predicted octanol–water partition coefficient (Wildman–Crippen LogP) is -0.709. The smallest absolute Gasteiger partial charge is 0.142 e. The lowest BCUT2D eigenvalue weighted by molar-refractivity contribution is 0.266. The molecule has 1 nitrogen and oxygen atoms in total. The number of halogens is 1. The molecule has 0 spiro atoms. The Labute approximate surface area is 39.7 Å². The average Bonchev–Trinajstić information content (AvgIpc) is 1.38. The fraction of sp³-hybridized carbons (Fsp3) is 1.00. The standard InChI is InChI=1S/C3H8FN.BH3/c1-5(2)3-4;/h3H2,1-2H3;1H3. The summed E-state index contributed by atoms with van der Waals surface area (Å²) in [4.78, 5) is 1.46. The zero-order chi connectivity index (χ0) is 4.28. The second kappa shape index (κ2) is 4.95. The number of alkyl halides is 1. The Hall–Kier alpha value is -0.0451. The summed E-state index contributed by atoms with van der Waals surface area (Å²) in [7, 11) is 3.36. The third kappa shape index (κ3) is 9.04. The molecule has 0 rings (SSSR count). The lowest BCUT2D eigenvalue weighted by Crippen LogP contribution is -2.07. The van der Waals surface area contributed by atoms with Gasteiger partial charge in [-0.3, -0.25) is 4.90 Å². The molecular weight excluding hydrogens is 79.8 g/mol. The Morgan fingerprint density at radius 3 is 1.67 bits per heavy atom. The van der Waals surface area contributed by atoms with Gasteiger partial charge < -0.3 is 0 Å². The van der Waals surface area contributed by atoms with E-state index in [0.717, 1.165) is 0 Å². The Kier molecular flexibility index (Phi) is 7.72. The molecule has 0 amide bonds. The van der Waals surface area contributed by atoms with Crippen LogP contribution in [0.1, 0.15) is 0 Å². The van der Waals surface area contributed by atoms with Gasteiger partial charge in [-0.05, 0) is 14.1 Å². The van der Waals surface area contributed by atoms with Gasteiger partial charge in [0.25, 0.3) is 0 Å². The van der Waals surface area contributed by atoms with Crippen LogP contribution in [0.5, 0.6) is 0 Å². The summed E-state index contributed by atoms with van der Waals surface area (Å²) >= 11 is 0. The summed E-state index contributed by atoms with van der Waals surface area (Å²) in [6, 6.07) is 0. The molecule has 0 radical (unpaired) electrons. The van der Waals surface area contributed by atoms with Gasteiger partial charge in [0.15, 0.2) is 0 Å². The van der Waals surface area contributed by atoms with Crippen LogP contribution in [0.4, 0.5) is 4.39 Å². The molecule has 0 heterocycles. The zero-order valence-electron chi connectivity index (χ0n) is 3.53. The first-order valence-corrected chi connectivity index (χ1v) is 1.48. The highest BCUT2D eigenvalue weighted by Gasteiger charge is 1.76. The third-order valence-corrected chi connectivity index (χ3v) is 0.239. The Morgan fingerprint density at radius 2 is 1.67 bits per heavy atom. The first-order valence-electron chi connectivity index (χ1n) is 1.48. The highest BCUT2D eigenvalue weighted by Crippen LogP contribution is 1.68. The number of nitrogens with zero attached hydrogens (tertiary/aromatic N) is 1. The van der Waals surface area contributed by atoms with Gasteiger partial charge in [-0.1, -0.05) is 0 Å². The summed E-state index contributed by atoms with van der Waals surface area (Å²) in [5, 5.41) is 0. The molecule has 3 heteroatoms. The topological polar surface area (TPSA) is 3.24 Å². The van der Waals surface area contributed by atoms with Crippen LogP contribution >= 0.6 is 0 Å². The first-order chi connectivity index (χ1) is 2.27. The Bertz CT molecular complexity index is 24.8. The van der Waals surface area contributed by atoms with Crippen LogP contribution < -0.4 is 0 Å². The van der Waals surface area contributed by atoms with Gasteiger partial charge >= 0.3 is 0 Å². The second-order valence-electron chi connectivity index (χ2n) is 1.20. The minimum Gasteiger partial charge on any atom is -0.283 e. The zero-order valence-corrected chi connectivity index (χ0v) is 3.53. The van der Waals surface area contributed by atoms with E-state index in [0.29, 0.717) is 0 Å². The minimum atomic E-state index is -0.361.